The molecule has 2 amide bonds. The van der Waals surface area contributed by atoms with Crippen LogP contribution >= 0.6 is 0 Å². The molecule has 10 nitrogen and oxygen atoms in total. The van der Waals surface area contributed by atoms with Gasteiger partial charge >= 0.3 is 0 Å². The molecule has 3 rings (SSSR count). The number of aromatic nitrogens is 4. The normalized spacial score (nSPS) is 15.0. The average molecular weight is 390 g/mol. The first-order chi connectivity index (χ1) is 13.4. The van der Waals surface area contributed by atoms with E-state index in [-0.39, 0.29) is 30.3 Å². The predicted molar refractivity (Wildman–Crippen MR) is 101 cm³/mol. The predicted octanol–water partition coefficient (Wildman–Crippen LogP) is -0.664. The zero-order chi connectivity index (χ0) is 20.3. The maximum atomic E-state index is 12.6. The van der Waals surface area contributed by atoms with E-state index in [0.717, 1.165) is 5.82 Å². The summed E-state index contributed by atoms with van der Waals surface area (Å²) in [6.07, 6.45) is 2.26. The van der Waals surface area contributed by atoms with Crippen LogP contribution in [-0.4, -0.2) is 67.3 Å². The lowest BCUT2D eigenvalue weighted by Crippen LogP contribution is -2.35. The second-order valence-corrected chi connectivity index (χ2v) is 7.00. The Morgan fingerprint density at radius 2 is 2.11 bits per heavy atom. The van der Waals surface area contributed by atoms with Gasteiger partial charge in [0.05, 0.1) is 12.5 Å². The monoisotopic (exact) mass is 390 g/mol. The van der Waals surface area contributed by atoms with Gasteiger partial charge in [-0.2, -0.15) is 0 Å². The highest BCUT2D eigenvalue weighted by Gasteiger charge is 2.23. The molecule has 0 spiro atoms. The van der Waals surface area contributed by atoms with Crippen molar-refractivity contribution in [2.45, 2.75) is 45.8 Å². The Morgan fingerprint density at radius 3 is 2.79 bits per heavy atom. The van der Waals surface area contributed by atoms with Crippen LogP contribution in [0.25, 0.3) is 0 Å². The Hall–Kier alpha value is -2.88. The van der Waals surface area contributed by atoms with Crippen LogP contribution in [0.2, 0.25) is 0 Å². The number of amides is 2. The number of carbonyl (C=O) groups is 2. The number of aliphatic hydroxyl groups excluding tert-OH is 1. The van der Waals surface area contributed by atoms with Crippen LogP contribution in [0.1, 0.15) is 40.9 Å². The lowest BCUT2D eigenvalue weighted by Gasteiger charge is -2.19. The fraction of sp³-hybridized carbons (Fsp3) is 0.556. The van der Waals surface area contributed by atoms with Gasteiger partial charge in [0.25, 0.3) is 11.5 Å². The van der Waals surface area contributed by atoms with Gasteiger partial charge in [-0.25, -0.2) is 4.98 Å². The van der Waals surface area contributed by atoms with Crippen molar-refractivity contribution in [2.75, 3.05) is 19.6 Å². The summed E-state index contributed by atoms with van der Waals surface area (Å²) in [6, 6.07) is 0. The van der Waals surface area contributed by atoms with Crippen LogP contribution in [0.4, 0.5) is 0 Å². The van der Waals surface area contributed by atoms with Crippen LogP contribution in [-0.2, 0) is 24.2 Å². The van der Waals surface area contributed by atoms with Gasteiger partial charge in [0.1, 0.15) is 11.5 Å². The van der Waals surface area contributed by atoms with E-state index in [1.54, 1.807) is 18.0 Å². The van der Waals surface area contributed by atoms with E-state index >= 15 is 0 Å². The lowest BCUT2D eigenvalue weighted by molar-refractivity contribution is -0.130. The van der Waals surface area contributed by atoms with Gasteiger partial charge in [0, 0.05) is 50.1 Å². The highest BCUT2D eigenvalue weighted by molar-refractivity contribution is 5.92. The van der Waals surface area contributed by atoms with E-state index in [9.17, 15) is 19.5 Å². The molecule has 10 heteroatoms. The number of carbonyl (C=O) groups excluding carboxylic acids is 2. The molecule has 1 aliphatic rings. The molecule has 0 saturated heterocycles. The number of H-pyrrole nitrogens is 2. The molecule has 1 unspecified atom stereocenters. The number of hydrogen-bond donors (Lipinski definition) is 4. The third-order valence-corrected chi connectivity index (χ3v) is 5.05. The number of aryl methyl sites for hydroxylation is 1. The molecule has 0 radical (unpaired) electrons. The number of rotatable bonds is 6. The molecule has 0 bridgehead atoms. The molecule has 4 N–H and O–H groups in total. The fourth-order valence-corrected chi connectivity index (χ4v) is 3.17. The zero-order valence-corrected chi connectivity index (χ0v) is 16.1. The zero-order valence-electron chi connectivity index (χ0n) is 16.1. The molecule has 3 heterocycles. The Kier molecular flexibility index (Phi) is 5.98. The smallest absolute Gasteiger partial charge is 0.271 e. The Labute approximate surface area is 161 Å². The highest BCUT2D eigenvalue weighted by atomic mass is 16.3. The highest BCUT2D eigenvalue weighted by Crippen LogP contribution is 2.12. The van der Waals surface area contributed by atoms with Gasteiger partial charge in [0.2, 0.25) is 5.91 Å². The SMILES string of the molecule is CCC(O)CNC(=O)c1cn2c(n1)CCN(C(=O)Cc1c(C)[nH][nH]c1=O)CC2. The molecule has 0 saturated carbocycles. The van der Waals surface area contributed by atoms with Gasteiger partial charge in [-0.15, -0.1) is 0 Å². The Bertz CT molecular complexity index is 886. The number of nitrogens with one attached hydrogen (secondary N) is 3. The summed E-state index contributed by atoms with van der Waals surface area (Å²) in [7, 11) is 0. The van der Waals surface area contributed by atoms with Gasteiger partial charge in [-0.3, -0.25) is 19.5 Å². The number of aromatic amines is 2. The van der Waals surface area contributed by atoms with E-state index in [2.05, 4.69) is 20.5 Å². The average Bonchev–Trinajstić information content (AvgIpc) is 3.17. The molecule has 1 atom stereocenters. The third kappa shape index (κ3) is 4.33. The van der Waals surface area contributed by atoms with E-state index in [4.69, 9.17) is 0 Å². The maximum absolute atomic E-state index is 12.6. The summed E-state index contributed by atoms with van der Waals surface area (Å²) in [4.78, 5) is 42.6. The minimum absolute atomic E-state index is 0.0559. The first kappa shape index (κ1) is 19.9. The van der Waals surface area contributed by atoms with Crippen molar-refractivity contribution < 1.29 is 14.7 Å². The van der Waals surface area contributed by atoms with Crippen molar-refractivity contribution in [3.8, 4) is 0 Å². The quantitative estimate of drug-likeness (QED) is 0.519. The standard InChI is InChI=1S/C18H26N6O4/c1-3-12(25)9-19-18(28)14-10-24-7-6-23(5-4-15(24)20-14)16(26)8-13-11(2)21-22-17(13)27/h10,12,25H,3-9H2,1-2H3,(H,19,28)(H2,21,22,27). The third-order valence-electron chi connectivity index (χ3n) is 5.05. The molecule has 2 aromatic heterocycles. The summed E-state index contributed by atoms with van der Waals surface area (Å²) in [6.45, 7) is 5.28. The number of hydrogen-bond acceptors (Lipinski definition) is 5. The van der Waals surface area contributed by atoms with Crippen LogP contribution < -0.4 is 10.9 Å². The van der Waals surface area contributed by atoms with E-state index in [1.807, 2.05) is 11.5 Å². The number of imidazole rings is 1. The Balaban J connectivity index is 1.60. The van der Waals surface area contributed by atoms with Crippen molar-refractivity contribution in [3.05, 3.63) is 39.3 Å². The topological polar surface area (TPSA) is 136 Å². The molecular formula is C18H26N6O4. The summed E-state index contributed by atoms with van der Waals surface area (Å²) >= 11 is 0. The minimum Gasteiger partial charge on any atom is -0.391 e. The van der Waals surface area contributed by atoms with Gasteiger partial charge in [0.15, 0.2) is 0 Å². The van der Waals surface area contributed by atoms with E-state index in [1.165, 1.54) is 0 Å². The number of aliphatic hydroxyl groups is 1. The van der Waals surface area contributed by atoms with Crippen LogP contribution in [0.15, 0.2) is 11.0 Å². The van der Waals surface area contributed by atoms with E-state index < -0.39 is 6.10 Å². The number of nitrogens with zero attached hydrogens (tertiary/aromatic N) is 3. The second kappa shape index (κ2) is 8.42. The van der Waals surface area contributed by atoms with Gasteiger partial charge in [-0.1, -0.05) is 6.92 Å². The summed E-state index contributed by atoms with van der Waals surface area (Å²) in [5.41, 5.74) is 1.18. The molecule has 152 valence electrons. The van der Waals surface area contributed by atoms with Gasteiger partial charge in [-0.05, 0) is 13.3 Å². The molecule has 0 aromatic carbocycles. The van der Waals surface area contributed by atoms with E-state index in [0.29, 0.717) is 49.4 Å². The van der Waals surface area contributed by atoms with Crippen molar-refractivity contribution in [1.82, 2.24) is 30.0 Å². The van der Waals surface area contributed by atoms with Crippen LogP contribution in [0.3, 0.4) is 0 Å². The Morgan fingerprint density at radius 1 is 1.32 bits per heavy atom. The molecule has 2 aromatic rings. The molecule has 28 heavy (non-hydrogen) atoms. The molecular weight excluding hydrogens is 364 g/mol. The van der Waals surface area contributed by atoms with Crippen molar-refractivity contribution >= 4 is 11.8 Å². The molecule has 1 aliphatic heterocycles. The fourth-order valence-electron chi connectivity index (χ4n) is 3.17. The second-order valence-electron chi connectivity index (χ2n) is 7.00. The summed E-state index contributed by atoms with van der Waals surface area (Å²) in [5, 5.41) is 17.4. The first-order valence-electron chi connectivity index (χ1n) is 9.45. The number of fused-ring (bicyclic) bond motifs is 1. The molecule has 0 aliphatic carbocycles. The lowest BCUT2D eigenvalue weighted by atomic mass is 10.1. The van der Waals surface area contributed by atoms with Crippen molar-refractivity contribution in [3.63, 3.8) is 0 Å². The van der Waals surface area contributed by atoms with Gasteiger partial charge < -0.3 is 25.0 Å². The van der Waals surface area contributed by atoms with Crippen molar-refractivity contribution in [1.29, 1.82) is 0 Å². The van der Waals surface area contributed by atoms with Crippen LogP contribution in [0.5, 0.6) is 0 Å². The first-order valence-corrected chi connectivity index (χ1v) is 9.45. The summed E-state index contributed by atoms with van der Waals surface area (Å²) in [5.74, 6) is 0.320. The summed E-state index contributed by atoms with van der Waals surface area (Å²) < 4.78 is 1.88. The minimum atomic E-state index is -0.570. The van der Waals surface area contributed by atoms with Crippen LogP contribution in [0, 0.1) is 6.92 Å². The van der Waals surface area contributed by atoms with Crippen molar-refractivity contribution in [2.24, 2.45) is 0 Å². The maximum Gasteiger partial charge on any atom is 0.271 e. The largest absolute Gasteiger partial charge is 0.391 e. The molecule has 0 fully saturated rings.